The summed E-state index contributed by atoms with van der Waals surface area (Å²) in [4.78, 5) is 11.6. The van der Waals surface area contributed by atoms with Crippen LogP contribution in [0.2, 0.25) is 0 Å². The molecule has 2 rings (SSSR count). The van der Waals surface area contributed by atoms with Crippen LogP contribution < -0.4 is 10.1 Å². The van der Waals surface area contributed by atoms with Gasteiger partial charge in [-0.15, -0.1) is 0 Å². The number of benzene rings is 1. The maximum absolute atomic E-state index is 12.8. The topological polar surface area (TPSA) is 47.6 Å². The molecule has 22 heavy (non-hydrogen) atoms. The summed E-state index contributed by atoms with van der Waals surface area (Å²) in [7, 11) is 1.33. The number of rotatable bonds is 2. The second kappa shape index (κ2) is 5.04. The monoisotopic (exact) mass is 329 g/mol. The lowest BCUT2D eigenvalue weighted by atomic mass is 10.1. The Balaban J connectivity index is 2.39. The van der Waals surface area contributed by atoms with Gasteiger partial charge < -0.3 is 14.8 Å². The molecule has 1 amide bonds. The van der Waals surface area contributed by atoms with E-state index in [0.717, 1.165) is 17.4 Å². The minimum Gasteiger partial charge on any atom is -0.497 e. The molecule has 0 radical (unpaired) electrons. The second-order valence-electron chi connectivity index (χ2n) is 4.44. The van der Waals surface area contributed by atoms with Crippen molar-refractivity contribution in [2.45, 2.75) is 24.2 Å². The third-order valence-electron chi connectivity index (χ3n) is 3.05. The first-order valence-corrected chi connectivity index (χ1v) is 5.79. The summed E-state index contributed by atoms with van der Waals surface area (Å²) in [6.45, 7) is 0. The van der Waals surface area contributed by atoms with E-state index in [2.05, 4.69) is 4.74 Å². The largest absolute Gasteiger partial charge is 0.497 e. The zero-order chi connectivity index (χ0) is 16.8. The lowest BCUT2D eigenvalue weighted by Gasteiger charge is -2.32. The molecule has 1 fully saturated rings. The summed E-state index contributed by atoms with van der Waals surface area (Å²) in [6, 6.07) is 4.86. The predicted octanol–water partition coefficient (Wildman–Crippen LogP) is 2.70. The molecule has 1 atom stereocenters. The molecule has 10 heteroatoms. The molecular formula is C12H9F6NO3. The first kappa shape index (κ1) is 16.4. The van der Waals surface area contributed by atoms with Gasteiger partial charge in [-0.3, -0.25) is 4.79 Å². The zero-order valence-electron chi connectivity index (χ0n) is 10.9. The van der Waals surface area contributed by atoms with Gasteiger partial charge in [0.25, 0.3) is 5.91 Å². The average molecular weight is 329 g/mol. The average Bonchev–Trinajstić information content (AvgIpc) is 2.77. The Hall–Kier alpha value is -1.97. The van der Waals surface area contributed by atoms with Crippen molar-refractivity contribution in [1.82, 2.24) is 5.32 Å². The number of hydrogen-bond donors (Lipinski definition) is 1. The Bertz CT molecular complexity index is 552. The van der Waals surface area contributed by atoms with Crippen molar-refractivity contribution in [2.24, 2.45) is 0 Å². The molecule has 0 aromatic heterocycles. The predicted molar refractivity (Wildman–Crippen MR) is 59.8 cm³/mol. The number of halogens is 6. The van der Waals surface area contributed by atoms with Crippen LogP contribution in [0.5, 0.6) is 5.75 Å². The van der Waals surface area contributed by atoms with Gasteiger partial charge in [0.1, 0.15) is 5.75 Å². The number of amides is 1. The third-order valence-corrected chi connectivity index (χ3v) is 3.05. The highest BCUT2D eigenvalue weighted by atomic mass is 19.4. The molecule has 0 bridgehead atoms. The van der Waals surface area contributed by atoms with Crippen molar-refractivity contribution in [3.8, 4) is 5.75 Å². The SMILES string of the molecule is COc1ccc(C2OC(C(F)(F)F)(C(F)(F)F)NC2=O)cc1. The fourth-order valence-electron chi connectivity index (χ4n) is 1.93. The van der Waals surface area contributed by atoms with E-state index >= 15 is 0 Å². The number of ether oxygens (including phenoxy) is 2. The molecule has 1 aromatic carbocycles. The Labute approximate surface area is 120 Å². The van der Waals surface area contributed by atoms with Crippen LogP contribution >= 0.6 is 0 Å². The first-order chi connectivity index (χ1) is 10.0. The summed E-state index contributed by atoms with van der Waals surface area (Å²) in [6.07, 6.45) is -13.8. The van der Waals surface area contributed by atoms with E-state index in [4.69, 9.17) is 4.74 Å². The maximum Gasteiger partial charge on any atom is 0.446 e. The molecule has 4 nitrogen and oxygen atoms in total. The highest BCUT2D eigenvalue weighted by Crippen LogP contribution is 2.49. The molecule has 1 aromatic rings. The summed E-state index contributed by atoms with van der Waals surface area (Å²) in [5.74, 6) is -1.21. The van der Waals surface area contributed by atoms with Gasteiger partial charge in [0.2, 0.25) is 0 Å². The van der Waals surface area contributed by atoms with Crippen molar-refractivity contribution >= 4 is 5.91 Å². The quantitative estimate of drug-likeness (QED) is 0.849. The number of hydrogen-bond acceptors (Lipinski definition) is 3. The number of methoxy groups -OCH3 is 1. The number of nitrogens with one attached hydrogen (secondary N) is 1. The first-order valence-electron chi connectivity index (χ1n) is 5.79. The molecule has 0 saturated carbocycles. The van der Waals surface area contributed by atoms with Crippen LogP contribution in [0.1, 0.15) is 11.7 Å². The zero-order valence-corrected chi connectivity index (χ0v) is 10.9. The lowest BCUT2D eigenvalue weighted by Crippen LogP contribution is -2.64. The van der Waals surface area contributed by atoms with Gasteiger partial charge in [-0.2, -0.15) is 26.3 Å². The van der Waals surface area contributed by atoms with Crippen LogP contribution in [-0.4, -0.2) is 31.1 Å². The molecular weight excluding hydrogens is 320 g/mol. The normalized spacial score (nSPS) is 21.6. The molecule has 0 spiro atoms. The van der Waals surface area contributed by atoms with Gasteiger partial charge in [0, 0.05) is 0 Å². The smallest absolute Gasteiger partial charge is 0.446 e. The Morgan fingerprint density at radius 1 is 1.09 bits per heavy atom. The van der Waals surface area contributed by atoms with Gasteiger partial charge >= 0.3 is 18.1 Å². The van der Waals surface area contributed by atoms with Crippen LogP contribution in [0.3, 0.4) is 0 Å². The minimum absolute atomic E-state index is 0.159. The molecule has 122 valence electrons. The second-order valence-corrected chi connectivity index (χ2v) is 4.44. The van der Waals surface area contributed by atoms with Crippen LogP contribution in [0.4, 0.5) is 26.3 Å². The van der Waals surface area contributed by atoms with E-state index < -0.39 is 30.1 Å². The van der Waals surface area contributed by atoms with Gasteiger partial charge in [-0.05, 0) is 17.7 Å². The van der Waals surface area contributed by atoms with Crippen LogP contribution in [-0.2, 0) is 9.53 Å². The highest BCUT2D eigenvalue weighted by Gasteiger charge is 2.77. The molecule has 1 aliphatic rings. The van der Waals surface area contributed by atoms with Gasteiger partial charge in [0.15, 0.2) is 6.10 Å². The van der Waals surface area contributed by atoms with Gasteiger partial charge in [-0.25, -0.2) is 0 Å². The van der Waals surface area contributed by atoms with Crippen molar-refractivity contribution in [1.29, 1.82) is 0 Å². The van der Waals surface area contributed by atoms with E-state index in [0.29, 0.717) is 5.75 Å². The Kier molecular flexibility index (Phi) is 3.76. The van der Waals surface area contributed by atoms with Gasteiger partial charge in [0.05, 0.1) is 7.11 Å². The van der Waals surface area contributed by atoms with E-state index in [9.17, 15) is 31.1 Å². The van der Waals surface area contributed by atoms with E-state index in [1.54, 1.807) is 0 Å². The minimum atomic E-state index is -5.86. The van der Waals surface area contributed by atoms with Crippen molar-refractivity contribution in [2.75, 3.05) is 7.11 Å². The molecule has 1 aliphatic heterocycles. The van der Waals surface area contributed by atoms with Gasteiger partial charge in [-0.1, -0.05) is 12.1 Å². The van der Waals surface area contributed by atoms with E-state index in [-0.39, 0.29) is 5.56 Å². The molecule has 1 unspecified atom stereocenters. The Morgan fingerprint density at radius 3 is 1.95 bits per heavy atom. The molecule has 0 aliphatic carbocycles. The summed E-state index contributed by atoms with van der Waals surface area (Å²) in [5, 5.41) is 0.882. The van der Waals surface area contributed by atoms with Crippen LogP contribution in [0.15, 0.2) is 24.3 Å². The standard InChI is InChI=1S/C12H9F6NO3/c1-21-7-4-2-6(3-5-7)8-9(20)19-10(22-8,11(13,14)15)12(16,17)18/h2-5,8H,1H3,(H,19,20). The third kappa shape index (κ3) is 2.47. The maximum atomic E-state index is 12.8. The van der Waals surface area contributed by atoms with Crippen LogP contribution in [0, 0.1) is 0 Å². The highest BCUT2D eigenvalue weighted by molar-refractivity contribution is 5.85. The summed E-state index contributed by atoms with van der Waals surface area (Å²) < 4.78 is 85.8. The van der Waals surface area contributed by atoms with Crippen molar-refractivity contribution in [3.05, 3.63) is 29.8 Å². The lowest BCUT2D eigenvalue weighted by molar-refractivity contribution is -0.382. The Morgan fingerprint density at radius 2 is 1.59 bits per heavy atom. The number of carbonyl (C=O) groups excluding carboxylic acids is 1. The molecule has 1 saturated heterocycles. The van der Waals surface area contributed by atoms with E-state index in [1.165, 1.54) is 19.2 Å². The van der Waals surface area contributed by atoms with E-state index in [1.807, 2.05) is 0 Å². The van der Waals surface area contributed by atoms with Crippen molar-refractivity contribution < 1.29 is 40.6 Å². The van der Waals surface area contributed by atoms with Crippen LogP contribution in [0.25, 0.3) is 0 Å². The fourth-order valence-corrected chi connectivity index (χ4v) is 1.93. The summed E-state index contributed by atoms with van der Waals surface area (Å²) >= 11 is 0. The van der Waals surface area contributed by atoms with Crippen molar-refractivity contribution in [3.63, 3.8) is 0 Å². The number of alkyl halides is 6. The molecule has 1 N–H and O–H groups in total. The number of carbonyl (C=O) groups is 1. The summed E-state index contributed by atoms with van der Waals surface area (Å²) in [5.41, 5.74) is -4.88. The molecule has 1 heterocycles. The fraction of sp³-hybridized carbons (Fsp3) is 0.417.